The fourth-order valence-corrected chi connectivity index (χ4v) is 3.28. The molecule has 4 rings (SSSR count). The predicted octanol–water partition coefficient (Wildman–Crippen LogP) is 2.94. The van der Waals surface area contributed by atoms with E-state index in [9.17, 15) is 4.79 Å². The third-order valence-electron chi connectivity index (χ3n) is 4.79. The van der Waals surface area contributed by atoms with Crippen molar-refractivity contribution in [2.75, 3.05) is 6.61 Å². The molecule has 3 aliphatic rings. The number of rotatable bonds is 0. The first-order chi connectivity index (χ1) is 8.96. The van der Waals surface area contributed by atoms with Crippen LogP contribution in [-0.4, -0.2) is 23.6 Å². The Morgan fingerprint density at radius 2 is 1.89 bits per heavy atom. The molecule has 1 spiro atoms. The van der Waals surface area contributed by atoms with Gasteiger partial charge in [-0.25, -0.2) is 5.06 Å². The first-order valence-corrected chi connectivity index (χ1v) is 6.95. The zero-order valence-corrected chi connectivity index (χ0v) is 11.8. The average Bonchev–Trinajstić information content (AvgIpc) is 2.84. The Labute approximate surface area is 114 Å². The third kappa shape index (κ3) is 1.88. The summed E-state index contributed by atoms with van der Waals surface area (Å²) >= 11 is 0. The Balaban J connectivity index is 0.000000136. The number of hydroxylamine groups is 2. The first-order valence-electron chi connectivity index (χ1n) is 6.95. The van der Waals surface area contributed by atoms with E-state index in [0.29, 0.717) is 6.04 Å². The molecule has 1 amide bonds. The maximum absolute atomic E-state index is 11.8. The fraction of sp³-hybridized carbons (Fsp3) is 0.562. The second-order valence-electron chi connectivity index (χ2n) is 6.58. The molecular formula is C16H21NO2. The van der Waals surface area contributed by atoms with Crippen LogP contribution in [0.3, 0.4) is 0 Å². The molecule has 1 aromatic carbocycles. The normalized spacial score (nSPS) is 33.3. The molecule has 3 fully saturated rings. The van der Waals surface area contributed by atoms with E-state index >= 15 is 0 Å². The van der Waals surface area contributed by atoms with Crippen molar-refractivity contribution in [1.29, 1.82) is 0 Å². The number of amides is 1. The largest absolute Gasteiger partial charge is 0.272 e. The second-order valence-corrected chi connectivity index (χ2v) is 6.58. The summed E-state index contributed by atoms with van der Waals surface area (Å²) < 4.78 is 0. The summed E-state index contributed by atoms with van der Waals surface area (Å²) in [6.07, 6.45) is 2.08. The number of nitrogens with zero attached hydrogens (tertiary/aromatic N) is 1. The lowest BCUT2D eigenvalue weighted by molar-refractivity contribution is -0.258. The second kappa shape index (κ2) is 4.07. The average molecular weight is 259 g/mol. The lowest BCUT2D eigenvalue weighted by atomic mass is 9.93. The minimum Gasteiger partial charge on any atom is -0.272 e. The number of aryl methyl sites for hydroxylation is 1. The molecule has 0 bridgehead atoms. The molecule has 2 atom stereocenters. The quantitative estimate of drug-likeness (QED) is 0.717. The smallest absolute Gasteiger partial charge is 0.253 e. The van der Waals surface area contributed by atoms with Crippen LogP contribution in [0.1, 0.15) is 32.3 Å². The van der Waals surface area contributed by atoms with Gasteiger partial charge in [0.2, 0.25) is 0 Å². The molecule has 1 aromatic rings. The summed E-state index contributed by atoms with van der Waals surface area (Å²) in [5.74, 6) is 0.240. The van der Waals surface area contributed by atoms with Crippen molar-refractivity contribution >= 4 is 5.91 Å². The Bertz CT molecular complexity index is 497. The molecule has 2 heterocycles. The molecule has 0 aromatic heterocycles. The number of benzene rings is 1. The number of hydrogen-bond donors (Lipinski definition) is 0. The fourth-order valence-electron chi connectivity index (χ4n) is 3.28. The summed E-state index contributed by atoms with van der Waals surface area (Å²) in [7, 11) is 0. The van der Waals surface area contributed by atoms with Crippen LogP contribution in [0.25, 0.3) is 0 Å². The molecule has 1 saturated carbocycles. The van der Waals surface area contributed by atoms with Crippen LogP contribution >= 0.6 is 0 Å². The summed E-state index contributed by atoms with van der Waals surface area (Å²) in [6, 6.07) is 10.7. The molecule has 0 unspecified atom stereocenters. The standard InChI is InChI=1S/C9H13NO2.C7H8/c1-8(2)5-9(8)3-6-4-12-10(6)7(9)11;1-7-5-3-2-4-6-7/h6H,3-5H2,1-2H3;2-6H,1H3/t6-,9-;/m0./s1. The Morgan fingerprint density at radius 1 is 1.26 bits per heavy atom. The van der Waals surface area contributed by atoms with Gasteiger partial charge in [-0.2, -0.15) is 0 Å². The molecule has 3 nitrogen and oxygen atoms in total. The zero-order chi connectivity index (χ0) is 13.7. The minimum atomic E-state index is -0.0336. The summed E-state index contributed by atoms with van der Waals surface area (Å²) in [5, 5.41) is 1.59. The number of hydrogen-bond acceptors (Lipinski definition) is 2. The molecule has 102 valence electrons. The van der Waals surface area contributed by atoms with E-state index in [-0.39, 0.29) is 16.7 Å². The highest BCUT2D eigenvalue weighted by atomic mass is 16.7. The van der Waals surface area contributed by atoms with Gasteiger partial charge in [-0.3, -0.25) is 9.63 Å². The van der Waals surface area contributed by atoms with Crippen LogP contribution in [0.2, 0.25) is 0 Å². The lowest BCUT2D eigenvalue weighted by Gasteiger charge is -2.32. The van der Waals surface area contributed by atoms with E-state index in [4.69, 9.17) is 4.84 Å². The molecule has 0 radical (unpaired) electrons. The van der Waals surface area contributed by atoms with E-state index in [2.05, 4.69) is 32.9 Å². The third-order valence-corrected chi connectivity index (χ3v) is 4.79. The highest BCUT2D eigenvalue weighted by Gasteiger charge is 2.73. The van der Waals surface area contributed by atoms with Crippen LogP contribution in [0.15, 0.2) is 30.3 Å². The van der Waals surface area contributed by atoms with Gasteiger partial charge >= 0.3 is 0 Å². The van der Waals surface area contributed by atoms with Gasteiger partial charge in [-0.05, 0) is 25.2 Å². The molecule has 1 aliphatic carbocycles. The lowest BCUT2D eigenvalue weighted by Crippen LogP contribution is -2.47. The molecule has 3 heteroatoms. The maximum Gasteiger partial charge on any atom is 0.253 e. The van der Waals surface area contributed by atoms with Gasteiger partial charge in [-0.15, -0.1) is 0 Å². The highest BCUT2D eigenvalue weighted by Crippen LogP contribution is 2.70. The van der Waals surface area contributed by atoms with Gasteiger partial charge in [0, 0.05) is 0 Å². The van der Waals surface area contributed by atoms with Crippen LogP contribution in [0.5, 0.6) is 0 Å². The van der Waals surface area contributed by atoms with Crippen molar-refractivity contribution in [3.05, 3.63) is 35.9 Å². The summed E-state index contributed by atoms with van der Waals surface area (Å²) in [5.41, 5.74) is 1.52. The Kier molecular flexibility index (Phi) is 2.72. The number of carbonyl (C=O) groups is 1. The van der Waals surface area contributed by atoms with Gasteiger partial charge in [0.25, 0.3) is 5.91 Å². The topological polar surface area (TPSA) is 29.5 Å². The number of fused-ring (bicyclic) bond motifs is 1. The summed E-state index contributed by atoms with van der Waals surface area (Å²) in [6.45, 7) is 7.19. The maximum atomic E-state index is 11.8. The number of carbonyl (C=O) groups excluding carboxylic acids is 1. The monoisotopic (exact) mass is 259 g/mol. The van der Waals surface area contributed by atoms with Gasteiger partial charge in [-0.1, -0.05) is 49.7 Å². The van der Waals surface area contributed by atoms with E-state index in [1.165, 1.54) is 5.56 Å². The Hall–Kier alpha value is -1.35. The Morgan fingerprint density at radius 3 is 2.16 bits per heavy atom. The van der Waals surface area contributed by atoms with E-state index < -0.39 is 0 Å². The van der Waals surface area contributed by atoms with Gasteiger partial charge < -0.3 is 0 Å². The van der Waals surface area contributed by atoms with E-state index in [1.54, 1.807) is 5.06 Å². The highest BCUT2D eigenvalue weighted by molar-refractivity contribution is 5.89. The van der Waals surface area contributed by atoms with Crippen LogP contribution < -0.4 is 0 Å². The van der Waals surface area contributed by atoms with Crippen LogP contribution in [0, 0.1) is 17.8 Å². The van der Waals surface area contributed by atoms with Gasteiger partial charge in [0.05, 0.1) is 18.1 Å². The van der Waals surface area contributed by atoms with Crippen LogP contribution in [-0.2, 0) is 9.63 Å². The van der Waals surface area contributed by atoms with Gasteiger partial charge in [0.15, 0.2) is 0 Å². The van der Waals surface area contributed by atoms with Crippen molar-refractivity contribution in [1.82, 2.24) is 5.06 Å². The van der Waals surface area contributed by atoms with E-state index in [1.807, 2.05) is 18.2 Å². The molecule has 0 N–H and O–H groups in total. The zero-order valence-electron chi connectivity index (χ0n) is 11.8. The van der Waals surface area contributed by atoms with Crippen LogP contribution in [0.4, 0.5) is 0 Å². The van der Waals surface area contributed by atoms with Crippen molar-refractivity contribution < 1.29 is 9.63 Å². The first kappa shape index (κ1) is 12.7. The predicted molar refractivity (Wildman–Crippen MR) is 73.2 cm³/mol. The molecule has 19 heavy (non-hydrogen) atoms. The molecule has 2 saturated heterocycles. The van der Waals surface area contributed by atoms with Crippen molar-refractivity contribution in [3.63, 3.8) is 0 Å². The van der Waals surface area contributed by atoms with Crippen molar-refractivity contribution in [2.45, 2.75) is 39.7 Å². The minimum absolute atomic E-state index is 0.0336. The summed E-state index contributed by atoms with van der Waals surface area (Å²) in [4.78, 5) is 16.9. The van der Waals surface area contributed by atoms with E-state index in [0.717, 1.165) is 19.4 Å². The molecule has 2 aliphatic heterocycles. The molecular weight excluding hydrogens is 238 g/mol. The SMILES string of the molecule is CC1(C)C[C@]12C[C@H]1CON1C2=O.Cc1ccccc1. The van der Waals surface area contributed by atoms with Crippen molar-refractivity contribution in [2.24, 2.45) is 10.8 Å². The van der Waals surface area contributed by atoms with Gasteiger partial charge in [0.1, 0.15) is 0 Å². The van der Waals surface area contributed by atoms with Crippen molar-refractivity contribution in [3.8, 4) is 0 Å².